The SMILES string of the molecule is CC1=C2CNCN2NN1C. The van der Waals surface area contributed by atoms with Crippen molar-refractivity contribution < 1.29 is 0 Å². The van der Waals surface area contributed by atoms with E-state index in [0.717, 1.165) is 13.2 Å². The van der Waals surface area contributed by atoms with Gasteiger partial charge in [-0.2, -0.15) is 0 Å². The van der Waals surface area contributed by atoms with Crippen molar-refractivity contribution in [1.82, 2.24) is 20.9 Å². The van der Waals surface area contributed by atoms with Crippen LogP contribution in [0.15, 0.2) is 11.4 Å². The van der Waals surface area contributed by atoms with Crippen molar-refractivity contribution >= 4 is 0 Å². The molecule has 0 atom stereocenters. The van der Waals surface area contributed by atoms with Crippen LogP contribution >= 0.6 is 0 Å². The van der Waals surface area contributed by atoms with Gasteiger partial charge >= 0.3 is 0 Å². The van der Waals surface area contributed by atoms with Crippen LogP contribution in [-0.2, 0) is 0 Å². The fourth-order valence-corrected chi connectivity index (χ4v) is 1.35. The van der Waals surface area contributed by atoms with E-state index < -0.39 is 0 Å². The molecule has 0 amide bonds. The number of hydrazine groups is 2. The van der Waals surface area contributed by atoms with Gasteiger partial charge in [0, 0.05) is 19.3 Å². The summed E-state index contributed by atoms with van der Waals surface area (Å²) in [7, 11) is 2.03. The summed E-state index contributed by atoms with van der Waals surface area (Å²) in [6, 6.07) is 0. The predicted octanol–water partition coefficient (Wildman–Crippen LogP) is -0.554. The van der Waals surface area contributed by atoms with E-state index in [1.54, 1.807) is 0 Å². The highest BCUT2D eigenvalue weighted by atomic mass is 15.8. The van der Waals surface area contributed by atoms with Gasteiger partial charge in [0.25, 0.3) is 0 Å². The summed E-state index contributed by atoms with van der Waals surface area (Å²) in [6.07, 6.45) is 0. The minimum atomic E-state index is 0.914. The first-order valence-corrected chi connectivity index (χ1v) is 3.47. The average Bonchev–Trinajstić information content (AvgIpc) is 2.41. The highest BCUT2D eigenvalue weighted by molar-refractivity contribution is 5.16. The Hall–Kier alpha value is -0.740. The van der Waals surface area contributed by atoms with Gasteiger partial charge in [0.1, 0.15) is 0 Å². The highest BCUT2D eigenvalue weighted by Crippen LogP contribution is 2.18. The van der Waals surface area contributed by atoms with Crippen LogP contribution in [0.3, 0.4) is 0 Å². The lowest BCUT2D eigenvalue weighted by Crippen LogP contribution is -2.39. The number of fused-ring (bicyclic) bond motifs is 1. The van der Waals surface area contributed by atoms with Gasteiger partial charge in [-0.15, -0.1) is 5.53 Å². The number of rotatable bonds is 0. The molecule has 56 valence electrons. The smallest absolute Gasteiger partial charge is 0.0857 e. The van der Waals surface area contributed by atoms with Gasteiger partial charge in [0.15, 0.2) is 0 Å². The molecule has 2 N–H and O–H groups in total. The number of nitrogens with one attached hydrogen (secondary N) is 2. The van der Waals surface area contributed by atoms with Gasteiger partial charge in [-0.3, -0.25) is 15.3 Å². The van der Waals surface area contributed by atoms with E-state index >= 15 is 0 Å². The van der Waals surface area contributed by atoms with E-state index in [1.165, 1.54) is 11.4 Å². The summed E-state index contributed by atoms with van der Waals surface area (Å²) in [5.74, 6) is 0. The molecule has 2 rings (SSSR count). The van der Waals surface area contributed by atoms with Crippen LogP contribution in [-0.4, -0.2) is 30.3 Å². The van der Waals surface area contributed by atoms with Crippen LogP contribution in [0, 0.1) is 0 Å². The van der Waals surface area contributed by atoms with Crippen molar-refractivity contribution in [2.24, 2.45) is 0 Å². The maximum Gasteiger partial charge on any atom is 0.0857 e. The molecular formula is C6H12N4. The van der Waals surface area contributed by atoms with Crippen molar-refractivity contribution in [3.05, 3.63) is 11.4 Å². The fourth-order valence-electron chi connectivity index (χ4n) is 1.35. The molecule has 0 aliphatic carbocycles. The Morgan fingerprint density at radius 1 is 1.50 bits per heavy atom. The van der Waals surface area contributed by atoms with Crippen LogP contribution in [0.5, 0.6) is 0 Å². The van der Waals surface area contributed by atoms with Crippen LogP contribution in [0.25, 0.3) is 0 Å². The molecule has 0 saturated carbocycles. The highest BCUT2D eigenvalue weighted by Gasteiger charge is 2.26. The lowest BCUT2D eigenvalue weighted by molar-refractivity contribution is 0.157. The first-order valence-electron chi connectivity index (χ1n) is 3.47. The van der Waals surface area contributed by atoms with E-state index in [9.17, 15) is 0 Å². The number of hydrogen-bond acceptors (Lipinski definition) is 4. The molecule has 10 heavy (non-hydrogen) atoms. The molecule has 4 heteroatoms. The van der Waals surface area contributed by atoms with Crippen LogP contribution in [0.1, 0.15) is 6.92 Å². The normalized spacial score (nSPS) is 24.6. The van der Waals surface area contributed by atoms with E-state index in [4.69, 9.17) is 0 Å². The second-order valence-electron chi connectivity index (χ2n) is 2.70. The van der Waals surface area contributed by atoms with Gasteiger partial charge in [-0.1, -0.05) is 0 Å². The summed E-state index contributed by atoms with van der Waals surface area (Å²) in [4.78, 5) is 0. The summed E-state index contributed by atoms with van der Waals surface area (Å²) < 4.78 is 0. The van der Waals surface area contributed by atoms with Crippen molar-refractivity contribution in [3.63, 3.8) is 0 Å². The first-order chi connectivity index (χ1) is 4.79. The van der Waals surface area contributed by atoms with E-state index in [1.807, 2.05) is 12.1 Å². The molecule has 0 unspecified atom stereocenters. The standard InChI is InChI=1S/C6H12N4/c1-5-6-3-7-4-10(6)8-9(5)2/h7-8H,3-4H2,1-2H3. The monoisotopic (exact) mass is 140 g/mol. The summed E-state index contributed by atoms with van der Waals surface area (Å²) in [5, 5.41) is 7.41. The molecule has 0 radical (unpaired) electrons. The Morgan fingerprint density at radius 3 is 3.00 bits per heavy atom. The lowest BCUT2D eigenvalue weighted by atomic mass is 10.3. The molecular weight excluding hydrogens is 128 g/mol. The quantitative estimate of drug-likeness (QED) is 0.472. The zero-order valence-electron chi connectivity index (χ0n) is 6.31. The van der Waals surface area contributed by atoms with Gasteiger partial charge in [-0.25, -0.2) is 0 Å². The van der Waals surface area contributed by atoms with Crippen molar-refractivity contribution in [3.8, 4) is 0 Å². The first kappa shape index (κ1) is 6.00. The topological polar surface area (TPSA) is 30.5 Å². The van der Waals surface area contributed by atoms with E-state index in [0.29, 0.717) is 0 Å². The molecule has 0 aromatic heterocycles. The predicted molar refractivity (Wildman–Crippen MR) is 38.3 cm³/mol. The Morgan fingerprint density at radius 2 is 2.30 bits per heavy atom. The second-order valence-corrected chi connectivity index (χ2v) is 2.70. The Kier molecular flexibility index (Phi) is 1.12. The summed E-state index contributed by atoms with van der Waals surface area (Å²) in [5.41, 5.74) is 5.87. The van der Waals surface area contributed by atoms with Gasteiger partial charge < -0.3 is 0 Å². The third-order valence-corrected chi connectivity index (χ3v) is 2.08. The van der Waals surface area contributed by atoms with Crippen molar-refractivity contribution in [2.75, 3.05) is 20.3 Å². The van der Waals surface area contributed by atoms with Crippen LogP contribution in [0.2, 0.25) is 0 Å². The maximum absolute atomic E-state index is 3.25. The minimum absolute atomic E-state index is 0.914. The molecule has 1 fully saturated rings. The molecule has 4 nitrogen and oxygen atoms in total. The van der Waals surface area contributed by atoms with Gasteiger partial charge in [0.2, 0.25) is 0 Å². The van der Waals surface area contributed by atoms with Gasteiger partial charge in [0.05, 0.1) is 12.4 Å². The fraction of sp³-hybridized carbons (Fsp3) is 0.667. The summed E-state index contributed by atoms with van der Waals surface area (Å²) >= 11 is 0. The number of allylic oxidation sites excluding steroid dienone is 1. The minimum Gasteiger partial charge on any atom is -0.296 e. The molecule has 0 aromatic carbocycles. The molecule has 0 aromatic rings. The zero-order chi connectivity index (χ0) is 7.14. The molecule has 0 spiro atoms. The van der Waals surface area contributed by atoms with E-state index in [2.05, 4.69) is 22.8 Å². The average molecular weight is 140 g/mol. The van der Waals surface area contributed by atoms with Gasteiger partial charge in [-0.05, 0) is 6.92 Å². The third kappa shape index (κ3) is 0.629. The Balaban J connectivity index is 2.29. The number of nitrogens with zero attached hydrogens (tertiary/aromatic N) is 2. The Bertz CT molecular complexity index is 186. The summed E-state index contributed by atoms with van der Waals surface area (Å²) in [6.45, 7) is 4.02. The Labute approximate surface area is 60.4 Å². The second kappa shape index (κ2) is 1.87. The molecule has 0 bridgehead atoms. The maximum atomic E-state index is 3.25. The molecule has 2 aliphatic rings. The third-order valence-electron chi connectivity index (χ3n) is 2.08. The van der Waals surface area contributed by atoms with Crippen LogP contribution < -0.4 is 10.9 Å². The molecule has 2 aliphatic heterocycles. The van der Waals surface area contributed by atoms with Crippen LogP contribution in [0.4, 0.5) is 0 Å². The molecule has 1 saturated heterocycles. The number of hydrogen-bond donors (Lipinski definition) is 2. The molecule has 2 heterocycles. The van der Waals surface area contributed by atoms with Crippen molar-refractivity contribution in [1.29, 1.82) is 0 Å². The largest absolute Gasteiger partial charge is 0.296 e. The lowest BCUT2D eigenvalue weighted by Gasteiger charge is -2.17. The van der Waals surface area contributed by atoms with E-state index in [-0.39, 0.29) is 0 Å². The van der Waals surface area contributed by atoms with Crippen molar-refractivity contribution in [2.45, 2.75) is 6.92 Å². The zero-order valence-corrected chi connectivity index (χ0v) is 6.31.